The second-order valence-electron chi connectivity index (χ2n) is 6.43. The number of carboxylic acids is 1. The molecule has 2 heterocycles. The highest BCUT2D eigenvalue weighted by Gasteiger charge is 2.50. The van der Waals surface area contributed by atoms with Gasteiger partial charge in [0.2, 0.25) is 0 Å². The number of hydrogen-bond donors (Lipinski definition) is 2. The minimum absolute atomic E-state index is 0.00678. The zero-order valence-electron chi connectivity index (χ0n) is 12.4. The summed E-state index contributed by atoms with van der Waals surface area (Å²) >= 11 is 1.60. The normalized spacial score (nSPS) is 39.5. The van der Waals surface area contributed by atoms with E-state index in [1.165, 1.54) is 0 Å². The van der Waals surface area contributed by atoms with E-state index in [9.17, 15) is 14.7 Å². The highest BCUT2D eigenvalue weighted by atomic mass is 32.2. The summed E-state index contributed by atoms with van der Waals surface area (Å²) in [5.41, 5.74) is -0.415. The number of nitrogens with one attached hydrogen (secondary N) is 1. The molecule has 0 radical (unpaired) electrons. The quantitative estimate of drug-likeness (QED) is 0.825. The molecule has 3 fully saturated rings. The Bertz CT molecular complexity index is 456. The van der Waals surface area contributed by atoms with E-state index >= 15 is 0 Å². The maximum atomic E-state index is 12.7. The maximum Gasteiger partial charge on any atom is 0.327 e. The smallest absolute Gasteiger partial charge is 0.327 e. The van der Waals surface area contributed by atoms with Crippen molar-refractivity contribution < 1.29 is 19.4 Å². The summed E-state index contributed by atoms with van der Waals surface area (Å²) in [6, 6.07) is -0.981. The van der Waals surface area contributed by atoms with Gasteiger partial charge in [-0.15, -0.1) is 11.8 Å². The number of amides is 2. The van der Waals surface area contributed by atoms with Gasteiger partial charge in [0.25, 0.3) is 0 Å². The van der Waals surface area contributed by atoms with E-state index in [-0.39, 0.29) is 17.5 Å². The lowest BCUT2D eigenvalue weighted by atomic mass is 9.95. The van der Waals surface area contributed by atoms with Gasteiger partial charge in [0, 0.05) is 12.4 Å². The third-order valence-corrected chi connectivity index (χ3v) is 6.32. The lowest BCUT2D eigenvalue weighted by Gasteiger charge is -2.34. The standard InChI is InChI=1S/C14H22N2O4S/c1-8-14(2,5-6-20-8)15-13(19)16-10(12(17)18)7-21-11(16)9-3-4-9/h8-11H,3-7H2,1-2H3,(H,15,19)(H,17,18). The first-order valence-electron chi connectivity index (χ1n) is 7.49. The average Bonchev–Trinajstić information content (AvgIpc) is 3.07. The van der Waals surface area contributed by atoms with Gasteiger partial charge < -0.3 is 15.2 Å². The summed E-state index contributed by atoms with van der Waals surface area (Å²) in [5, 5.41) is 12.4. The Balaban J connectivity index is 1.75. The van der Waals surface area contributed by atoms with Gasteiger partial charge in [-0.2, -0.15) is 0 Å². The van der Waals surface area contributed by atoms with Gasteiger partial charge in [0.05, 0.1) is 17.0 Å². The molecule has 7 heteroatoms. The SMILES string of the molecule is CC1OCCC1(C)NC(=O)N1C(C(=O)O)CSC1C1CC1. The van der Waals surface area contributed by atoms with Crippen LogP contribution in [0.4, 0.5) is 4.79 Å². The summed E-state index contributed by atoms with van der Waals surface area (Å²) in [6.07, 6.45) is 2.88. The van der Waals surface area contributed by atoms with Crippen LogP contribution < -0.4 is 5.32 Å². The van der Waals surface area contributed by atoms with Crippen molar-refractivity contribution in [1.29, 1.82) is 0 Å². The summed E-state index contributed by atoms with van der Waals surface area (Å²) in [7, 11) is 0. The number of rotatable bonds is 3. The third kappa shape index (κ3) is 2.73. The van der Waals surface area contributed by atoms with Crippen LogP contribution in [0.5, 0.6) is 0 Å². The first-order valence-corrected chi connectivity index (χ1v) is 8.54. The van der Waals surface area contributed by atoms with Crippen LogP contribution in [0.1, 0.15) is 33.1 Å². The fourth-order valence-electron chi connectivity index (χ4n) is 3.03. The number of carboxylic acid groups (broad SMARTS) is 1. The zero-order valence-corrected chi connectivity index (χ0v) is 13.2. The molecule has 118 valence electrons. The molecule has 0 aromatic heterocycles. The number of ether oxygens (including phenoxy) is 1. The Kier molecular flexibility index (Phi) is 3.81. The van der Waals surface area contributed by atoms with Crippen LogP contribution in [-0.4, -0.2) is 57.4 Å². The number of aliphatic carboxylic acids is 1. The molecule has 0 aromatic rings. The summed E-state index contributed by atoms with van der Waals surface area (Å²) in [5.74, 6) is 0.0176. The Morgan fingerprint density at radius 1 is 1.43 bits per heavy atom. The number of nitrogens with zero attached hydrogens (tertiary/aromatic N) is 1. The second-order valence-corrected chi connectivity index (χ2v) is 7.58. The van der Waals surface area contributed by atoms with E-state index in [1.54, 1.807) is 16.7 Å². The van der Waals surface area contributed by atoms with Crippen molar-refractivity contribution in [2.24, 2.45) is 5.92 Å². The predicted octanol–water partition coefficient (Wildman–Crippen LogP) is 1.50. The molecule has 0 bridgehead atoms. The Morgan fingerprint density at radius 3 is 2.67 bits per heavy atom. The number of carbonyl (C=O) groups excluding carboxylic acids is 1. The lowest BCUT2D eigenvalue weighted by molar-refractivity contribution is -0.141. The van der Waals surface area contributed by atoms with Crippen molar-refractivity contribution in [1.82, 2.24) is 10.2 Å². The lowest BCUT2D eigenvalue weighted by Crippen LogP contribution is -2.58. The Labute approximate surface area is 128 Å². The van der Waals surface area contributed by atoms with Gasteiger partial charge in [-0.05, 0) is 39.0 Å². The largest absolute Gasteiger partial charge is 0.480 e. The number of hydrogen-bond acceptors (Lipinski definition) is 4. The van der Waals surface area contributed by atoms with Crippen LogP contribution in [0, 0.1) is 5.92 Å². The van der Waals surface area contributed by atoms with E-state index in [4.69, 9.17) is 4.74 Å². The molecule has 2 aliphatic heterocycles. The number of thioether (sulfide) groups is 1. The second kappa shape index (κ2) is 5.35. The van der Waals surface area contributed by atoms with Crippen LogP contribution in [0.25, 0.3) is 0 Å². The van der Waals surface area contributed by atoms with Crippen molar-refractivity contribution in [3.8, 4) is 0 Å². The molecule has 4 atom stereocenters. The van der Waals surface area contributed by atoms with Gasteiger partial charge in [0.15, 0.2) is 0 Å². The van der Waals surface area contributed by atoms with Crippen LogP contribution in [0.2, 0.25) is 0 Å². The molecule has 0 spiro atoms. The average molecular weight is 314 g/mol. The van der Waals surface area contributed by atoms with Crippen LogP contribution >= 0.6 is 11.8 Å². The van der Waals surface area contributed by atoms with Crippen molar-refractivity contribution >= 4 is 23.8 Å². The summed E-state index contributed by atoms with van der Waals surface area (Å²) < 4.78 is 5.54. The molecule has 3 aliphatic rings. The van der Waals surface area contributed by atoms with E-state index < -0.39 is 17.6 Å². The molecule has 2 N–H and O–H groups in total. The Hall–Kier alpha value is -0.950. The molecule has 21 heavy (non-hydrogen) atoms. The molecular formula is C14H22N2O4S. The number of urea groups is 1. The van der Waals surface area contributed by atoms with E-state index in [0.29, 0.717) is 18.3 Å². The van der Waals surface area contributed by atoms with Crippen LogP contribution in [0.3, 0.4) is 0 Å². The van der Waals surface area contributed by atoms with Crippen molar-refractivity contribution in [3.63, 3.8) is 0 Å². The molecule has 3 rings (SSSR count). The van der Waals surface area contributed by atoms with Gasteiger partial charge in [-0.25, -0.2) is 9.59 Å². The predicted molar refractivity (Wildman–Crippen MR) is 79.2 cm³/mol. The van der Waals surface area contributed by atoms with E-state index in [2.05, 4.69) is 5.32 Å². The Morgan fingerprint density at radius 2 is 2.14 bits per heavy atom. The molecule has 4 unspecified atom stereocenters. The van der Waals surface area contributed by atoms with Gasteiger partial charge in [-0.3, -0.25) is 4.90 Å². The molecule has 2 saturated heterocycles. The number of carbonyl (C=O) groups is 2. The van der Waals surface area contributed by atoms with E-state index in [1.807, 2.05) is 13.8 Å². The zero-order chi connectivity index (χ0) is 15.2. The third-order valence-electron chi connectivity index (χ3n) is 4.86. The first-order chi connectivity index (χ1) is 9.92. The van der Waals surface area contributed by atoms with E-state index in [0.717, 1.165) is 19.3 Å². The molecular weight excluding hydrogens is 292 g/mol. The highest BCUT2D eigenvalue weighted by Crippen LogP contribution is 2.45. The van der Waals surface area contributed by atoms with Gasteiger partial charge in [0.1, 0.15) is 6.04 Å². The van der Waals surface area contributed by atoms with Crippen molar-refractivity contribution in [2.75, 3.05) is 12.4 Å². The molecule has 0 aromatic carbocycles. The summed E-state index contributed by atoms with van der Waals surface area (Å²) in [6.45, 7) is 4.54. The molecule has 1 aliphatic carbocycles. The van der Waals surface area contributed by atoms with Crippen molar-refractivity contribution in [2.45, 2.75) is 56.2 Å². The van der Waals surface area contributed by atoms with Crippen LogP contribution in [0.15, 0.2) is 0 Å². The highest BCUT2D eigenvalue weighted by molar-refractivity contribution is 8.00. The fraction of sp³-hybridized carbons (Fsp3) is 0.857. The monoisotopic (exact) mass is 314 g/mol. The van der Waals surface area contributed by atoms with Crippen molar-refractivity contribution in [3.05, 3.63) is 0 Å². The minimum Gasteiger partial charge on any atom is -0.480 e. The molecule has 6 nitrogen and oxygen atoms in total. The fourth-order valence-corrected chi connectivity index (χ4v) is 4.66. The maximum absolute atomic E-state index is 12.7. The molecule has 2 amide bonds. The minimum atomic E-state index is -0.915. The summed E-state index contributed by atoms with van der Waals surface area (Å²) in [4.78, 5) is 25.7. The van der Waals surface area contributed by atoms with Gasteiger partial charge in [-0.1, -0.05) is 0 Å². The molecule has 1 saturated carbocycles. The first kappa shape index (κ1) is 15.0. The van der Waals surface area contributed by atoms with Gasteiger partial charge >= 0.3 is 12.0 Å². The topological polar surface area (TPSA) is 78.9 Å². The van der Waals surface area contributed by atoms with Crippen LogP contribution in [-0.2, 0) is 9.53 Å².